The maximum absolute atomic E-state index is 12.4. The van der Waals surface area contributed by atoms with Crippen LogP contribution in [0.25, 0.3) is 0 Å². The fourth-order valence-corrected chi connectivity index (χ4v) is 2.19. The molecule has 0 radical (unpaired) electrons. The van der Waals surface area contributed by atoms with Gasteiger partial charge in [-0.1, -0.05) is 0 Å². The van der Waals surface area contributed by atoms with Crippen molar-refractivity contribution in [1.29, 1.82) is 0 Å². The van der Waals surface area contributed by atoms with Gasteiger partial charge in [-0.25, -0.2) is 4.98 Å². The lowest BCUT2D eigenvalue weighted by Gasteiger charge is -2.15. The molecule has 1 aliphatic heterocycles. The maximum Gasteiger partial charge on any atom is 0.417 e. The lowest BCUT2D eigenvalue weighted by molar-refractivity contribution is -0.137. The second-order valence-corrected chi connectivity index (χ2v) is 5.25. The van der Waals surface area contributed by atoms with Crippen molar-refractivity contribution in [2.75, 3.05) is 33.4 Å². The summed E-state index contributed by atoms with van der Waals surface area (Å²) in [6.07, 6.45) is -1.32. The first-order valence-electron chi connectivity index (χ1n) is 7.71. The molecule has 10 heteroatoms. The van der Waals surface area contributed by atoms with Crippen LogP contribution in [0.5, 0.6) is 5.88 Å². The molecule has 2 rings (SSSR count). The van der Waals surface area contributed by atoms with Crippen molar-refractivity contribution < 1.29 is 22.6 Å². The first-order valence-corrected chi connectivity index (χ1v) is 7.71. The molecule has 1 fully saturated rings. The number of aromatic nitrogens is 1. The second kappa shape index (κ2) is 10.6. The summed E-state index contributed by atoms with van der Waals surface area (Å²) in [5, 5.41) is 6.20. The first-order chi connectivity index (χ1) is 11.5. The van der Waals surface area contributed by atoms with Crippen molar-refractivity contribution in [3.8, 4) is 5.88 Å². The monoisotopic (exact) mass is 474 g/mol. The van der Waals surface area contributed by atoms with E-state index in [1.165, 1.54) is 6.07 Å². The summed E-state index contributed by atoms with van der Waals surface area (Å²) in [5.74, 6) is 0.765. The lowest BCUT2D eigenvalue weighted by Crippen LogP contribution is -2.42. The van der Waals surface area contributed by atoms with Crippen LogP contribution < -0.4 is 15.4 Å². The zero-order valence-corrected chi connectivity index (χ0v) is 16.1. The number of rotatable bonds is 6. The third kappa shape index (κ3) is 7.63. The maximum atomic E-state index is 12.4. The van der Waals surface area contributed by atoms with E-state index in [9.17, 15) is 13.2 Å². The molecule has 1 atom stereocenters. The van der Waals surface area contributed by atoms with Crippen molar-refractivity contribution in [3.05, 3.63) is 23.9 Å². The number of nitrogens with zero attached hydrogens (tertiary/aromatic N) is 2. The van der Waals surface area contributed by atoms with E-state index in [1.807, 2.05) is 0 Å². The Labute approximate surface area is 161 Å². The molecule has 1 aromatic rings. The summed E-state index contributed by atoms with van der Waals surface area (Å²) in [5.41, 5.74) is -0.799. The van der Waals surface area contributed by atoms with E-state index in [-0.39, 0.29) is 42.6 Å². The molecule has 0 saturated carbocycles. The lowest BCUT2D eigenvalue weighted by atomic mass is 10.2. The molecule has 6 nitrogen and oxygen atoms in total. The number of hydrogen-bond acceptors (Lipinski definition) is 4. The Morgan fingerprint density at radius 3 is 2.76 bits per heavy atom. The number of guanidine groups is 1. The average molecular weight is 474 g/mol. The summed E-state index contributed by atoms with van der Waals surface area (Å²) in [6, 6.07) is 2.14. The Balaban J connectivity index is 0.00000312. The Kier molecular flexibility index (Phi) is 9.25. The van der Waals surface area contributed by atoms with Gasteiger partial charge in [0.15, 0.2) is 5.96 Å². The summed E-state index contributed by atoms with van der Waals surface area (Å²) in [6.45, 7) is 2.17. The number of nitrogens with one attached hydrogen (secondary N) is 2. The van der Waals surface area contributed by atoms with Gasteiger partial charge in [0, 0.05) is 32.5 Å². The molecule has 0 bridgehead atoms. The number of aliphatic imine (C=N–C) groups is 1. The molecule has 2 N–H and O–H groups in total. The highest BCUT2D eigenvalue weighted by molar-refractivity contribution is 14.0. The Bertz CT molecular complexity index is 535. The quantitative estimate of drug-likeness (QED) is 0.287. The van der Waals surface area contributed by atoms with Gasteiger partial charge in [-0.3, -0.25) is 4.99 Å². The number of pyridine rings is 1. The number of hydrogen-bond donors (Lipinski definition) is 2. The fraction of sp³-hybridized carbons (Fsp3) is 0.600. The Hall–Kier alpha value is -1.30. The molecule has 0 spiro atoms. The molecule has 1 aliphatic rings. The van der Waals surface area contributed by atoms with Crippen molar-refractivity contribution in [3.63, 3.8) is 0 Å². The summed E-state index contributed by atoms with van der Waals surface area (Å²) < 4.78 is 48.1. The summed E-state index contributed by atoms with van der Waals surface area (Å²) in [7, 11) is 1.66. The van der Waals surface area contributed by atoms with E-state index in [1.54, 1.807) is 7.05 Å². The zero-order valence-electron chi connectivity index (χ0n) is 13.8. The Morgan fingerprint density at radius 2 is 2.20 bits per heavy atom. The van der Waals surface area contributed by atoms with Crippen molar-refractivity contribution in [2.45, 2.75) is 25.1 Å². The van der Waals surface area contributed by atoms with Crippen molar-refractivity contribution in [2.24, 2.45) is 4.99 Å². The van der Waals surface area contributed by atoms with Gasteiger partial charge < -0.3 is 20.1 Å². The molecule has 0 amide bonds. The number of ether oxygens (including phenoxy) is 2. The molecule has 2 heterocycles. The molecular weight excluding hydrogens is 452 g/mol. The number of alkyl halides is 3. The van der Waals surface area contributed by atoms with Crippen molar-refractivity contribution in [1.82, 2.24) is 15.6 Å². The minimum absolute atomic E-state index is 0. The van der Waals surface area contributed by atoms with Crippen LogP contribution in [0.15, 0.2) is 23.3 Å². The van der Waals surface area contributed by atoms with Crippen LogP contribution in [0.3, 0.4) is 0 Å². The van der Waals surface area contributed by atoms with Crippen LogP contribution in [-0.2, 0) is 10.9 Å². The SMILES string of the molecule is CN=C(NCCOc1ccc(C(F)(F)F)cn1)NCC1CCCO1.I. The van der Waals surface area contributed by atoms with Crippen LogP contribution in [0.1, 0.15) is 18.4 Å². The van der Waals surface area contributed by atoms with Crippen LogP contribution in [0.4, 0.5) is 13.2 Å². The van der Waals surface area contributed by atoms with Crippen LogP contribution in [-0.4, -0.2) is 50.4 Å². The molecule has 142 valence electrons. The van der Waals surface area contributed by atoms with Crippen LogP contribution in [0, 0.1) is 0 Å². The van der Waals surface area contributed by atoms with Gasteiger partial charge in [0.25, 0.3) is 0 Å². The Morgan fingerprint density at radius 1 is 1.40 bits per heavy atom. The van der Waals surface area contributed by atoms with Gasteiger partial charge in [-0.15, -0.1) is 24.0 Å². The van der Waals surface area contributed by atoms with Gasteiger partial charge in [0.2, 0.25) is 5.88 Å². The molecular formula is C15H22F3IN4O2. The van der Waals surface area contributed by atoms with E-state index in [0.717, 1.165) is 31.7 Å². The summed E-state index contributed by atoms with van der Waals surface area (Å²) >= 11 is 0. The first kappa shape index (κ1) is 21.7. The van der Waals surface area contributed by atoms with Crippen LogP contribution in [0.2, 0.25) is 0 Å². The smallest absolute Gasteiger partial charge is 0.417 e. The van der Waals surface area contributed by atoms with Gasteiger partial charge in [-0.05, 0) is 18.9 Å². The highest BCUT2D eigenvalue weighted by Crippen LogP contribution is 2.29. The topological polar surface area (TPSA) is 67.8 Å². The minimum Gasteiger partial charge on any atom is -0.476 e. The molecule has 25 heavy (non-hydrogen) atoms. The predicted molar refractivity (Wildman–Crippen MR) is 98.5 cm³/mol. The van der Waals surface area contributed by atoms with Gasteiger partial charge in [0.1, 0.15) is 6.61 Å². The second-order valence-electron chi connectivity index (χ2n) is 5.25. The highest BCUT2D eigenvalue weighted by Gasteiger charge is 2.30. The molecule has 1 unspecified atom stereocenters. The average Bonchev–Trinajstić information content (AvgIpc) is 3.07. The van der Waals surface area contributed by atoms with E-state index >= 15 is 0 Å². The molecule has 1 saturated heterocycles. The van der Waals surface area contributed by atoms with Crippen LogP contribution >= 0.6 is 24.0 Å². The van der Waals surface area contributed by atoms with E-state index in [0.29, 0.717) is 19.0 Å². The zero-order chi connectivity index (χ0) is 17.4. The number of halogens is 4. The third-order valence-corrected chi connectivity index (χ3v) is 3.45. The normalized spacial score (nSPS) is 17.8. The minimum atomic E-state index is -4.39. The van der Waals surface area contributed by atoms with Gasteiger partial charge in [0.05, 0.1) is 18.2 Å². The van der Waals surface area contributed by atoms with E-state index in [2.05, 4.69) is 20.6 Å². The van der Waals surface area contributed by atoms with E-state index < -0.39 is 11.7 Å². The largest absolute Gasteiger partial charge is 0.476 e. The highest BCUT2D eigenvalue weighted by atomic mass is 127. The molecule has 0 aliphatic carbocycles. The molecule has 0 aromatic carbocycles. The van der Waals surface area contributed by atoms with Gasteiger partial charge in [-0.2, -0.15) is 13.2 Å². The standard InChI is InChI=1S/C15H21F3N4O2.HI/c1-19-14(22-10-12-3-2-7-23-12)20-6-8-24-13-5-4-11(9-21-13)15(16,17)18;/h4-5,9,12H,2-3,6-8,10H2,1H3,(H2,19,20,22);1H. The van der Waals surface area contributed by atoms with E-state index in [4.69, 9.17) is 9.47 Å². The molecule has 1 aromatic heterocycles. The third-order valence-electron chi connectivity index (χ3n) is 3.45. The predicted octanol–water partition coefficient (Wildman–Crippen LogP) is 2.44. The van der Waals surface area contributed by atoms with Crippen molar-refractivity contribution >= 4 is 29.9 Å². The fourth-order valence-electron chi connectivity index (χ4n) is 2.19. The van der Waals surface area contributed by atoms with Gasteiger partial charge >= 0.3 is 6.18 Å². The summed E-state index contributed by atoms with van der Waals surface area (Å²) in [4.78, 5) is 7.71.